The molecule has 1 amide bonds. The number of guanidine groups is 1. The third-order valence-corrected chi connectivity index (χ3v) is 5.47. The summed E-state index contributed by atoms with van der Waals surface area (Å²) >= 11 is 0. The quantitative estimate of drug-likeness (QED) is 0.287. The van der Waals surface area contributed by atoms with Crippen LogP contribution >= 0.6 is 24.0 Å². The van der Waals surface area contributed by atoms with Crippen LogP contribution in [-0.2, 0) is 22.7 Å². The Morgan fingerprint density at radius 3 is 2.64 bits per heavy atom. The van der Waals surface area contributed by atoms with E-state index >= 15 is 0 Å². The van der Waals surface area contributed by atoms with E-state index in [2.05, 4.69) is 27.3 Å². The molecule has 1 heterocycles. The molecule has 33 heavy (non-hydrogen) atoms. The fraction of sp³-hybridized carbons (Fsp3) is 0.440. The Morgan fingerprint density at radius 1 is 1.15 bits per heavy atom. The highest BCUT2D eigenvalue weighted by Crippen LogP contribution is 2.18. The first kappa shape index (κ1) is 26.9. The number of aliphatic imine (C=N–C) groups is 1. The fourth-order valence-electron chi connectivity index (χ4n) is 3.61. The number of likely N-dealkylation sites (N-methyl/N-ethyl adjacent to an activating group) is 1. The molecule has 1 atom stereocenters. The van der Waals surface area contributed by atoms with Crippen molar-refractivity contribution >= 4 is 35.8 Å². The molecule has 1 aliphatic rings. The lowest BCUT2D eigenvalue weighted by Gasteiger charge is -2.22. The minimum absolute atomic E-state index is 0. The van der Waals surface area contributed by atoms with Crippen LogP contribution in [0.4, 0.5) is 0 Å². The van der Waals surface area contributed by atoms with Gasteiger partial charge in [-0.25, -0.2) is 0 Å². The second kappa shape index (κ2) is 14.0. The molecule has 0 aromatic heterocycles. The molecule has 3 rings (SSSR count). The third kappa shape index (κ3) is 8.85. The summed E-state index contributed by atoms with van der Waals surface area (Å²) in [6.45, 7) is 3.99. The van der Waals surface area contributed by atoms with Gasteiger partial charge in [-0.2, -0.15) is 0 Å². The maximum Gasteiger partial charge on any atom is 0.259 e. The van der Waals surface area contributed by atoms with Gasteiger partial charge in [-0.15, -0.1) is 24.0 Å². The number of halogens is 1. The van der Waals surface area contributed by atoms with Gasteiger partial charge in [-0.1, -0.05) is 42.5 Å². The number of likely N-dealkylation sites (tertiary alicyclic amines) is 1. The highest BCUT2D eigenvalue weighted by Gasteiger charge is 2.25. The molecule has 0 radical (unpaired) electrons. The number of hydrogen-bond donors (Lipinski definition) is 1. The lowest BCUT2D eigenvalue weighted by molar-refractivity contribution is -0.130. The van der Waals surface area contributed by atoms with E-state index in [1.54, 1.807) is 14.1 Å². The van der Waals surface area contributed by atoms with E-state index in [4.69, 9.17) is 9.47 Å². The maximum absolute atomic E-state index is 11.7. The zero-order chi connectivity index (χ0) is 22.8. The summed E-state index contributed by atoms with van der Waals surface area (Å²) in [5, 5.41) is 3.44. The van der Waals surface area contributed by atoms with Gasteiger partial charge in [0.25, 0.3) is 5.91 Å². The third-order valence-electron chi connectivity index (χ3n) is 5.47. The van der Waals surface area contributed by atoms with Crippen LogP contribution < -0.4 is 10.1 Å². The predicted octanol–water partition coefficient (Wildman–Crippen LogP) is 3.39. The Kier molecular flexibility index (Phi) is 11.5. The number of nitrogens with zero attached hydrogens (tertiary/aromatic N) is 3. The summed E-state index contributed by atoms with van der Waals surface area (Å²) in [4.78, 5) is 20.0. The molecule has 0 aliphatic carbocycles. The minimum Gasteiger partial charge on any atom is -0.484 e. The molecule has 1 unspecified atom stereocenters. The number of amides is 1. The molecule has 1 saturated heterocycles. The summed E-state index contributed by atoms with van der Waals surface area (Å²) in [6, 6.07) is 18.1. The second-order valence-corrected chi connectivity index (χ2v) is 8.23. The van der Waals surface area contributed by atoms with Crippen molar-refractivity contribution in [3.05, 3.63) is 65.7 Å². The maximum atomic E-state index is 11.7. The van der Waals surface area contributed by atoms with Crippen LogP contribution in [0.25, 0.3) is 0 Å². The Labute approximate surface area is 214 Å². The standard InChI is InChI=1S/C25H34N4O3.HI/c1-26-25(27-15-21-10-7-11-23(14-21)32-19-24(30)28(2)3)29-13-12-22(16-29)18-31-17-20-8-5-4-6-9-20;/h4-11,14,22H,12-13,15-19H2,1-3H3,(H,26,27);1H. The van der Waals surface area contributed by atoms with E-state index in [-0.39, 0.29) is 36.5 Å². The normalized spacial score (nSPS) is 15.7. The predicted molar refractivity (Wildman–Crippen MR) is 142 cm³/mol. The minimum atomic E-state index is -0.0646. The molecule has 1 aliphatic heterocycles. The van der Waals surface area contributed by atoms with Crippen molar-refractivity contribution in [3.8, 4) is 5.75 Å². The van der Waals surface area contributed by atoms with E-state index in [9.17, 15) is 4.79 Å². The van der Waals surface area contributed by atoms with Crippen LogP contribution in [0, 0.1) is 5.92 Å². The second-order valence-electron chi connectivity index (χ2n) is 8.23. The average Bonchev–Trinajstić information content (AvgIpc) is 3.27. The molecular formula is C25H35IN4O3. The van der Waals surface area contributed by atoms with Crippen molar-refractivity contribution < 1.29 is 14.3 Å². The first-order valence-corrected chi connectivity index (χ1v) is 11.0. The largest absolute Gasteiger partial charge is 0.484 e. The van der Waals surface area contributed by atoms with Gasteiger partial charge in [0.1, 0.15) is 5.75 Å². The molecule has 0 spiro atoms. The van der Waals surface area contributed by atoms with Gasteiger partial charge in [-0.05, 0) is 29.7 Å². The van der Waals surface area contributed by atoms with E-state index in [1.807, 2.05) is 49.5 Å². The van der Waals surface area contributed by atoms with Crippen molar-refractivity contribution in [3.63, 3.8) is 0 Å². The molecule has 7 nitrogen and oxygen atoms in total. The number of ether oxygens (including phenoxy) is 2. The highest BCUT2D eigenvalue weighted by molar-refractivity contribution is 14.0. The Morgan fingerprint density at radius 2 is 1.91 bits per heavy atom. The van der Waals surface area contributed by atoms with Crippen LogP contribution in [0.5, 0.6) is 5.75 Å². The topological polar surface area (TPSA) is 66.4 Å². The number of carbonyl (C=O) groups is 1. The zero-order valence-electron chi connectivity index (χ0n) is 19.7. The molecular weight excluding hydrogens is 531 g/mol. The molecule has 2 aromatic rings. The first-order chi connectivity index (χ1) is 15.5. The van der Waals surface area contributed by atoms with Gasteiger partial charge in [0.15, 0.2) is 12.6 Å². The van der Waals surface area contributed by atoms with E-state index in [0.717, 1.165) is 37.6 Å². The molecule has 1 fully saturated rings. The molecule has 1 N–H and O–H groups in total. The molecule has 0 bridgehead atoms. The zero-order valence-corrected chi connectivity index (χ0v) is 22.0. The van der Waals surface area contributed by atoms with E-state index < -0.39 is 0 Å². The summed E-state index contributed by atoms with van der Waals surface area (Å²) in [7, 11) is 5.25. The van der Waals surface area contributed by atoms with Gasteiger partial charge >= 0.3 is 0 Å². The summed E-state index contributed by atoms with van der Waals surface area (Å²) < 4.78 is 11.5. The van der Waals surface area contributed by atoms with E-state index in [1.165, 1.54) is 10.5 Å². The number of benzene rings is 2. The number of carbonyl (C=O) groups excluding carboxylic acids is 1. The Balaban J connectivity index is 0.00000385. The summed E-state index contributed by atoms with van der Waals surface area (Å²) in [5.74, 6) is 2.02. The first-order valence-electron chi connectivity index (χ1n) is 11.0. The molecule has 0 saturated carbocycles. The van der Waals surface area contributed by atoms with Crippen LogP contribution in [0.2, 0.25) is 0 Å². The number of nitrogens with one attached hydrogen (secondary N) is 1. The summed E-state index contributed by atoms with van der Waals surface area (Å²) in [6.07, 6.45) is 1.10. The SMILES string of the molecule is CN=C(NCc1cccc(OCC(=O)N(C)C)c1)N1CCC(COCc2ccccc2)C1.I. The monoisotopic (exact) mass is 566 g/mol. The number of hydrogen-bond acceptors (Lipinski definition) is 4. The summed E-state index contributed by atoms with van der Waals surface area (Å²) in [5.41, 5.74) is 2.28. The van der Waals surface area contributed by atoms with Crippen LogP contribution in [-0.4, -0.2) is 69.1 Å². The molecule has 8 heteroatoms. The smallest absolute Gasteiger partial charge is 0.259 e. The van der Waals surface area contributed by atoms with Gasteiger partial charge in [0.05, 0.1) is 13.2 Å². The lowest BCUT2D eigenvalue weighted by atomic mass is 10.1. The van der Waals surface area contributed by atoms with Gasteiger partial charge in [0.2, 0.25) is 0 Å². The van der Waals surface area contributed by atoms with Gasteiger partial charge in [-0.3, -0.25) is 9.79 Å². The van der Waals surface area contributed by atoms with Gasteiger partial charge < -0.3 is 24.6 Å². The highest BCUT2D eigenvalue weighted by atomic mass is 127. The van der Waals surface area contributed by atoms with Crippen LogP contribution in [0.3, 0.4) is 0 Å². The average molecular weight is 566 g/mol. The lowest BCUT2D eigenvalue weighted by Crippen LogP contribution is -2.39. The Bertz CT molecular complexity index is 892. The molecule has 180 valence electrons. The van der Waals surface area contributed by atoms with Crippen LogP contribution in [0.15, 0.2) is 59.6 Å². The van der Waals surface area contributed by atoms with Crippen LogP contribution in [0.1, 0.15) is 17.5 Å². The van der Waals surface area contributed by atoms with Crippen molar-refractivity contribution in [1.29, 1.82) is 0 Å². The number of rotatable bonds is 9. The Hall–Kier alpha value is -2.33. The van der Waals surface area contributed by atoms with Crippen molar-refractivity contribution in [2.75, 3.05) is 47.4 Å². The van der Waals surface area contributed by atoms with Crippen molar-refractivity contribution in [2.24, 2.45) is 10.9 Å². The van der Waals surface area contributed by atoms with Crippen molar-refractivity contribution in [1.82, 2.24) is 15.1 Å². The fourth-order valence-corrected chi connectivity index (χ4v) is 3.61. The van der Waals surface area contributed by atoms with E-state index in [0.29, 0.717) is 24.8 Å². The molecule has 2 aromatic carbocycles. The van der Waals surface area contributed by atoms with Gasteiger partial charge in [0, 0.05) is 46.7 Å². The van der Waals surface area contributed by atoms with Crippen molar-refractivity contribution in [2.45, 2.75) is 19.6 Å².